The van der Waals surface area contributed by atoms with E-state index in [1.54, 1.807) is 0 Å². The maximum atomic E-state index is 12.1. The van der Waals surface area contributed by atoms with Gasteiger partial charge in [0.2, 0.25) is 0 Å². The van der Waals surface area contributed by atoms with Gasteiger partial charge in [0.15, 0.2) is 5.13 Å². The van der Waals surface area contributed by atoms with Gasteiger partial charge < -0.3 is 5.32 Å². The highest BCUT2D eigenvalue weighted by Gasteiger charge is 2.11. The lowest BCUT2D eigenvalue weighted by Crippen LogP contribution is -2.19. The molecule has 0 aliphatic heterocycles. The molecule has 0 unspecified atom stereocenters. The van der Waals surface area contributed by atoms with Crippen molar-refractivity contribution in [3.8, 4) is 0 Å². The van der Waals surface area contributed by atoms with E-state index in [9.17, 15) is 4.79 Å². The number of carbonyl (C=O) groups excluding carboxylic acids is 1. The van der Waals surface area contributed by atoms with Crippen molar-refractivity contribution in [3.63, 3.8) is 0 Å². The molecule has 1 heterocycles. The lowest BCUT2D eigenvalue weighted by atomic mass is 10.1. The smallest absolute Gasteiger partial charge is 0.307 e. The topological polar surface area (TPSA) is 54.0 Å². The number of para-hydroxylation sites is 1. The molecule has 0 radical (unpaired) electrons. The van der Waals surface area contributed by atoms with Gasteiger partial charge in [-0.15, -0.1) is 0 Å². The first-order valence-electron chi connectivity index (χ1n) is 7.05. The fraction of sp³-hybridized carbons (Fsp3) is 0.176. The van der Waals surface area contributed by atoms with Gasteiger partial charge in [-0.25, -0.2) is 9.78 Å². The average molecular weight is 311 g/mol. The van der Waals surface area contributed by atoms with Crippen LogP contribution in [0.25, 0.3) is 10.2 Å². The number of benzene rings is 2. The van der Waals surface area contributed by atoms with Crippen LogP contribution >= 0.6 is 11.3 Å². The average Bonchev–Trinajstić information content (AvgIpc) is 2.89. The maximum Gasteiger partial charge on any atom is 0.325 e. The molecular formula is C17H17N3OS. The number of aromatic nitrogens is 1. The van der Waals surface area contributed by atoms with Crippen LogP contribution in [0.1, 0.15) is 16.7 Å². The summed E-state index contributed by atoms with van der Waals surface area (Å²) in [5.74, 6) is 0. The standard InChI is InChI=1S/C17H17N3OS/c1-10-8-9-14-15(12(10)3)19-17(22-14)20-16(21)18-13-7-5-4-6-11(13)2/h4-9H,1-3H3,(H2,18,19,20,21). The van der Waals surface area contributed by atoms with Gasteiger partial charge in [-0.2, -0.15) is 0 Å². The minimum atomic E-state index is -0.275. The molecule has 0 fully saturated rings. The number of aryl methyl sites for hydroxylation is 3. The molecule has 2 amide bonds. The molecule has 3 aromatic rings. The van der Waals surface area contributed by atoms with Crippen molar-refractivity contribution in [2.75, 3.05) is 10.6 Å². The van der Waals surface area contributed by atoms with Crippen LogP contribution in [0.3, 0.4) is 0 Å². The second-order valence-electron chi connectivity index (χ2n) is 5.27. The van der Waals surface area contributed by atoms with Crippen LogP contribution in [0.2, 0.25) is 0 Å². The van der Waals surface area contributed by atoms with E-state index in [1.165, 1.54) is 16.9 Å². The van der Waals surface area contributed by atoms with E-state index in [-0.39, 0.29) is 6.03 Å². The molecule has 1 aromatic heterocycles. The van der Waals surface area contributed by atoms with Gasteiger partial charge in [-0.05, 0) is 49.6 Å². The summed E-state index contributed by atoms with van der Waals surface area (Å²) in [5, 5.41) is 6.26. The molecule has 2 aromatic carbocycles. The van der Waals surface area contributed by atoms with Crippen molar-refractivity contribution in [2.45, 2.75) is 20.8 Å². The van der Waals surface area contributed by atoms with Crippen LogP contribution in [-0.2, 0) is 0 Å². The molecule has 22 heavy (non-hydrogen) atoms. The minimum Gasteiger partial charge on any atom is -0.307 e. The first kappa shape index (κ1) is 14.5. The molecule has 0 aliphatic rings. The van der Waals surface area contributed by atoms with E-state index in [0.29, 0.717) is 5.13 Å². The number of nitrogens with one attached hydrogen (secondary N) is 2. The number of anilines is 2. The van der Waals surface area contributed by atoms with E-state index >= 15 is 0 Å². The Morgan fingerprint density at radius 1 is 1.00 bits per heavy atom. The number of hydrogen-bond donors (Lipinski definition) is 2. The predicted molar refractivity (Wildman–Crippen MR) is 92.9 cm³/mol. The second-order valence-corrected chi connectivity index (χ2v) is 6.30. The molecule has 0 atom stereocenters. The highest BCUT2D eigenvalue weighted by Crippen LogP contribution is 2.29. The summed E-state index contributed by atoms with van der Waals surface area (Å²) in [6.45, 7) is 6.07. The Bertz CT molecular complexity index is 854. The van der Waals surface area contributed by atoms with Gasteiger partial charge in [-0.1, -0.05) is 35.6 Å². The molecule has 0 spiro atoms. The van der Waals surface area contributed by atoms with Crippen molar-refractivity contribution in [1.82, 2.24) is 4.98 Å². The largest absolute Gasteiger partial charge is 0.325 e. The first-order valence-corrected chi connectivity index (χ1v) is 7.86. The highest BCUT2D eigenvalue weighted by molar-refractivity contribution is 7.22. The number of hydrogen-bond acceptors (Lipinski definition) is 3. The summed E-state index contributed by atoms with van der Waals surface area (Å²) in [6, 6.07) is 11.5. The monoisotopic (exact) mass is 311 g/mol. The van der Waals surface area contributed by atoms with E-state index in [2.05, 4.69) is 35.5 Å². The van der Waals surface area contributed by atoms with Crippen LogP contribution in [0.4, 0.5) is 15.6 Å². The summed E-state index contributed by atoms with van der Waals surface area (Å²) in [7, 11) is 0. The first-order chi connectivity index (χ1) is 10.5. The molecule has 0 saturated heterocycles. The summed E-state index contributed by atoms with van der Waals surface area (Å²) in [4.78, 5) is 16.6. The number of nitrogens with zero attached hydrogens (tertiary/aromatic N) is 1. The highest BCUT2D eigenvalue weighted by atomic mass is 32.1. The van der Waals surface area contributed by atoms with Crippen molar-refractivity contribution in [1.29, 1.82) is 0 Å². The van der Waals surface area contributed by atoms with Crippen LogP contribution in [-0.4, -0.2) is 11.0 Å². The quantitative estimate of drug-likeness (QED) is 0.709. The van der Waals surface area contributed by atoms with Gasteiger partial charge in [0.1, 0.15) is 0 Å². The Labute approximate surface area is 133 Å². The SMILES string of the molecule is Cc1ccccc1NC(=O)Nc1nc2c(C)c(C)ccc2s1. The zero-order valence-corrected chi connectivity index (χ0v) is 13.5. The number of carbonyl (C=O) groups is 1. The van der Waals surface area contributed by atoms with Crippen LogP contribution in [0, 0.1) is 20.8 Å². The zero-order valence-electron chi connectivity index (χ0n) is 12.7. The molecule has 0 saturated carbocycles. The molecule has 112 valence electrons. The van der Waals surface area contributed by atoms with Crippen molar-refractivity contribution >= 4 is 38.4 Å². The number of amides is 2. The molecule has 0 aliphatic carbocycles. The third-order valence-corrected chi connectivity index (χ3v) is 4.63. The van der Waals surface area contributed by atoms with Gasteiger partial charge in [0.25, 0.3) is 0 Å². The Morgan fingerprint density at radius 3 is 2.55 bits per heavy atom. The fourth-order valence-electron chi connectivity index (χ4n) is 2.24. The molecule has 4 nitrogen and oxygen atoms in total. The summed E-state index contributed by atoms with van der Waals surface area (Å²) in [5.41, 5.74) is 5.13. The minimum absolute atomic E-state index is 0.275. The summed E-state index contributed by atoms with van der Waals surface area (Å²) in [6.07, 6.45) is 0. The molecule has 5 heteroatoms. The van der Waals surface area contributed by atoms with Crippen LogP contribution in [0.5, 0.6) is 0 Å². The van der Waals surface area contributed by atoms with Crippen LogP contribution in [0.15, 0.2) is 36.4 Å². The van der Waals surface area contributed by atoms with E-state index in [1.807, 2.05) is 37.3 Å². The van der Waals surface area contributed by atoms with Crippen LogP contribution < -0.4 is 10.6 Å². The third-order valence-electron chi connectivity index (χ3n) is 3.70. The Balaban J connectivity index is 1.80. The molecule has 3 rings (SSSR count). The van der Waals surface area contributed by atoms with E-state index in [4.69, 9.17) is 0 Å². The Kier molecular flexibility index (Phi) is 3.81. The molecule has 0 bridgehead atoms. The van der Waals surface area contributed by atoms with Gasteiger partial charge >= 0.3 is 6.03 Å². The lowest BCUT2D eigenvalue weighted by molar-refractivity contribution is 0.262. The Hall–Kier alpha value is -2.40. The predicted octanol–water partition coefficient (Wildman–Crippen LogP) is 4.87. The van der Waals surface area contributed by atoms with Gasteiger partial charge in [0.05, 0.1) is 10.2 Å². The van der Waals surface area contributed by atoms with E-state index in [0.717, 1.165) is 27.0 Å². The van der Waals surface area contributed by atoms with Gasteiger partial charge in [0, 0.05) is 5.69 Å². The Morgan fingerprint density at radius 2 is 1.77 bits per heavy atom. The van der Waals surface area contributed by atoms with E-state index < -0.39 is 0 Å². The molecular weight excluding hydrogens is 294 g/mol. The normalized spacial score (nSPS) is 10.7. The number of fused-ring (bicyclic) bond motifs is 1. The number of thiazole rings is 1. The fourth-order valence-corrected chi connectivity index (χ4v) is 3.16. The zero-order chi connectivity index (χ0) is 15.7. The van der Waals surface area contributed by atoms with Crippen molar-refractivity contribution in [2.24, 2.45) is 0 Å². The third kappa shape index (κ3) is 2.80. The summed E-state index contributed by atoms with van der Waals surface area (Å²) >= 11 is 1.48. The lowest BCUT2D eigenvalue weighted by Gasteiger charge is -2.07. The van der Waals surface area contributed by atoms with Gasteiger partial charge in [-0.3, -0.25) is 5.32 Å². The number of rotatable bonds is 2. The molecule has 2 N–H and O–H groups in total. The summed E-state index contributed by atoms with van der Waals surface area (Å²) < 4.78 is 1.08. The maximum absolute atomic E-state index is 12.1. The second kappa shape index (κ2) is 5.77. The number of urea groups is 1. The van der Waals surface area contributed by atoms with Crippen molar-refractivity contribution < 1.29 is 4.79 Å². The van der Waals surface area contributed by atoms with Crippen molar-refractivity contribution in [3.05, 3.63) is 53.1 Å².